The average molecular weight is 429 g/mol. The lowest BCUT2D eigenvalue weighted by Gasteiger charge is -2.33. The van der Waals surface area contributed by atoms with Crippen molar-refractivity contribution >= 4 is 10.9 Å². The van der Waals surface area contributed by atoms with Gasteiger partial charge in [0.1, 0.15) is 6.04 Å². The van der Waals surface area contributed by atoms with Crippen molar-refractivity contribution in [2.45, 2.75) is 45.7 Å². The van der Waals surface area contributed by atoms with E-state index in [1.807, 2.05) is 28.9 Å². The Kier molecular flexibility index (Phi) is 5.57. The summed E-state index contributed by atoms with van der Waals surface area (Å²) in [6, 6.07) is 16.1. The Labute approximate surface area is 187 Å². The van der Waals surface area contributed by atoms with Crippen LogP contribution in [0.3, 0.4) is 0 Å². The maximum atomic E-state index is 13.4. The molecule has 1 aliphatic rings. The predicted molar refractivity (Wildman–Crippen MR) is 125 cm³/mol. The summed E-state index contributed by atoms with van der Waals surface area (Å²) >= 11 is 0. The highest BCUT2D eigenvalue weighted by molar-refractivity contribution is 5.83. The molecule has 4 aromatic rings. The highest BCUT2D eigenvalue weighted by atomic mass is 16.1. The molecule has 0 amide bonds. The number of aryl methyl sites for hydroxylation is 2. The number of hydrogen-bond acceptors (Lipinski definition) is 5. The minimum Gasteiger partial charge on any atom is -0.321 e. The van der Waals surface area contributed by atoms with Gasteiger partial charge >= 0.3 is 0 Å². The number of benzene rings is 2. The van der Waals surface area contributed by atoms with Crippen LogP contribution in [-0.4, -0.2) is 43.2 Å². The minimum absolute atomic E-state index is 0.0731. The van der Waals surface area contributed by atoms with Gasteiger partial charge in [0.2, 0.25) is 0 Å². The molecule has 164 valence electrons. The molecule has 7 nitrogen and oxygen atoms in total. The van der Waals surface area contributed by atoms with Gasteiger partial charge in [0.15, 0.2) is 5.82 Å². The Bertz CT molecular complexity index is 1290. The van der Waals surface area contributed by atoms with Crippen molar-refractivity contribution in [2.24, 2.45) is 0 Å². The quantitative estimate of drug-likeness (QED) is 0.524. The van der Waals surface area contributed by atoms with E-state index in [4.69, 9.17) is 0 Å². The Morgan fingerprint density at radius 2 is 1.81 bits per heavy atom. The van der Waals surface area contributed by atoms with E-state index in [1.165, 1.54) is 12.0 Å². The van der Waals surface area contributed by atoms with Crippen molar-refractivity contribution < 1.29 is 0 Å². The van der Waals surface area contributed by atoms with Gasteiger partial charge in [-0.25, -0.2) is 4.68 Å². The molecule has 32 heavy (non-hydrogen) atoms. The molecule has 1 aliphatic heterocycles. The second-order valence-corrected chi connectivity index (χ2v) is 8.70. The molecule has 1 atom stereocenters. The van der Waals surface area contributed by atoms with E-state index >= 15 is 0 Å². The van der Waals surface area contributed by atoms with Crippen molar-refractivity contribution in [1.82, 2.24) is 30.1 Å². The van der Waals surface area contributed by atoms with Gasteiger partial charge in [0.05, 0.1) is 12.1 Å². The lowest BCUT2D eigenvalue weighted by molar-refractivity contribution is 0.177. The first kappa shape index (κ1) is 20.6. The number of nitrogens with one attached hydrogen (secondary N) is 1. The van der Waals surface area contributed by atoms with E-state index in [0.717, 1.165) is 48.0 Å². The van der Waals surface area contributed by atoms with Crippen LogP contribution in [0.1, 0.15) is 53.4 Å². The zero-order valence-electron chi connectivity index (χ0n) is 18.6. The van der Waals surface area contributed by atoms with Gasteiger partial charge < -0.3 is 4.98 Å². The first-order chi connectivity index (χ1) is 15.6. The number of fused-ring (bicyclic) bond motifs is 1. The van der Waals surface area contributed by atoms with Crippen molar-refractivity contribution in [2.75, 3.05) is 13.1 Å². The molecule has 1 fully saturated rings. The number of tetrazole rings is 1. The van der Waals surface area contributed by atoms with Crippen molar-refractivity contribution in [3.63, 3.8) is 0 Å². The summed E-state index contributed by atoms with van der Waals surface area (Å²) in [5.41, 5.74) is 4.93. The highest BCUT2D eigenvalue weighted by Gasteiger charge is 2.31. The van der Waals surface area contributed by atoms with Gasteiger partial charge in [-0.15, -0.1) is 5.10 Å². The first-order valence-corrected chi connectivity index (χ1v) is 11.3. The van der Waals surface area contributed by atoms with Crippen LogP contribution in [0, 0.1) is 13.8 Å². The molecule has 0 radical (unpaired) electrons. The number of rotatable bonds is 5. The third kappa shape index (κ3) is 3.84. The molecule has 7 heteroatoms. The van der Waals surface area contributed by atoms with Gasteiger partial charge in [-0.05, 0) is 78.3 Å². The van der Waals surface area contributed by atoms with Crippen LogP contribution < -0.4 is 5.56 Å². The van der Waals surface area contributed by atoms with Crippen molar-refractivity contribution in [3.05, 3.63) is 87.0 Å². The lowest BCUT2D eigenvalue weighted by Crippen LogP contribution is -2.38. The molecular formula is C25H28N6O. The van der Waals surface area contributed by atoms with Crippen LogP contribution in [0.25, 0.3) is 10.9 Å². The fourth-order valence-corrected chi connectivity index (χ4v) is 4.70. The molecule has 0 aliphatic carbocycles. The fourth-order valence-electron chi connectivity index (χ4n) is 4.70. The van der Waals surface area contributed by atoms with Crippen LogP contribution >= 0.6 is 0 Å². The zero-order valence-corrected chi connectivity index (χ0v) is 18.6. The SMILES string of the molecule is Cc1ccc2cc([C@H](c3nnnn3Cc3ccccc3)N3CCCCC3)c(=O)[nH]c2c1C. The largest absolute Gasteiger partial charge is 0.321 e. The highest BCUT2D eigenvalue weighted by Crippen LogP contribution is 2.30. The summed E-state index contributed by atoms with van der Waals surface area (Å²) in [6.07, 6.45) is 3.44. The minimum atomic E-state index is -0.288. The molecule has 2 aromatic heterocycles. The third-order valence-corrected chi connectivity index (χ3v) is 6.61. The van der Waals surface area contributed by atoms with Gasteiger partial charge in [-0.2, -0.15) is 0 Å². The summed E-state index contributed by atoms with van der Waals surface area (Å²) in [5, 5.41) is 13.7. The number of aromatic nitrogens is 5. The normalized spacial score (nSPS) is 15.8. The lowest BCUT2D eigenvalue weighted by atomic mass is 9.98. The van der Waals surface area contributed by atoms with E-state index < -0.39 is 0 Å². The van der Waals surface area contributed by atoms with Crippen LogP contribution in [0.4, 0.5) is 0 Å². The van der Waals surface area contributed by atoms with Crippen LogP contribution in [0.5, 0.6) is 0 Å². The molecular weight excluding hydrogens is 400 g/mol. The monoisotopic (exact) mass is 428 g/mol. The Morgan fingerprint density at radius 1 is 1.03 bits per heavy atom. The third-order valence-electron chi connectivity index (χ3n) is 6.61. The van der Waals surface area contributed by atoms with Crippen molar-refractivity contribution in [1.29, 1.82) is 0 Å². The topological polar surface area (TPSA) is 79.7 Å². The fraction of sp³-hybridized carbons (Fsp3) is 0.360. The summed E-state index contributed by atoms with van der Waals surface area (Å²) in [6.45, 7) is 6.53. The van der Waals surface area contributed by atoms with E-state index in [2.05, 4.69) is 63.5 Å². The molecule has 2 aromatic carbocycles. The molecule has 0 spiro atoms. The predicted octanol–water partition coefficient (Wildman–Crippen LogP) is 3.76. The Morgan fingerprint density at radius 3 is 2.59 bits per heavy atom. The number of likely N-dealkylation sites (tertiary alicyclic amines) is 1. The summed E-state index contributed by atoms with van der Waals surface area (Å²) < 4.78 is 1.83. The number of hydrogen-bond donors (Lipinski definition) is 1. The summed E-state index contributed by atoms with van der Waals surface area (Å²) in [4.78, 5) is 18.9. The van der Waals surface area contributed by atoms with Gasteiger partial charge in [0, 0.05) is 5.56 Å². The van der Waals surface area contributed by atoms with Crippen LogP contribution in [0.15, 0.2) is 53.3 Å². The molecule has 0 unspecified atom stereocenters. The molecule has 0 bridgehead atoms. The van der Waals surface area contributed by atoms with Gasteiger partial charge in [0.25, 0.3) is 5.56 Å². The second-order valence-electron chi connectivity index (χ2n) is 8.70. The molecule has 3 heterocycles. The number of nitrogens with zero attached hydrogens (tertiary/aromatic N) is 5. The maximum absolute atomic E-state index is 13.4. The number of piperidine rings is 1. The van der Waals surface area contributed by atoms with Crippen molar-refractivity contribution in [3.8, 4) is 0 Å². The maximum Gasteiger partial charge on any atom is 0.253 e. The summed E-state index contributed by atoms with van der Waals surface area (Å²) in [7, 11) is 0. The standard InChI is InChI=1S/C25H28N6O/c1-17-11-12-20-15-21(25(32)26-22(20)18(17)2)23(30-13-7-4-8-14-30)24-27-28-29-31(24)16-19-9-5-3-6-10-19/h3,5-6,9-12,15,23H,4,7-8,13-14,16H2,1-2H3,(H,26,32)/t23-/m1/s1. The average Bonchev–Trinajstić information content (AvgIpc) is 3.26. The molecule has 1 N–H and O–H groups in total. The molecule has 5 rings (SSSR count). The Balaban J connectivity index is 1.64. The van der Waals surface area contributed by atoms with E-state index in [-0.39, 0.29) is 11.6 Å². The Hall–Kier alpha value is -3.32. The smallest absolute Gasteiger partial charge is 0.253 e. The van der Waals surface area contributed by atoms with E-state index in [0.29, 0.717) is 17.9 Å². The van der Waals surface area contributed by atoms with Crippen LogP contribution in [-0.2, 0) is 6.54 Å². The van der Waals surface area contributed by atoms with Gasteiger partial charge in [-0.1, -0.05) is 48.9 Å². The van der Waals surface area contributed by atoms with E-state index in [1.54, 1.807) is 0 Å². The zero-order chi connectivity index (χ0) is 22.1. The number of aromatic amines is 1. The van der Waals surface area contributed by atoms with E-state index in [9.17, 15) is 4.79 Å². The molecule has 1 saturated heterocycles. The van der Waals surface area contributed by atoms with Crippen LogP contribution in [0.2, 0.25) is 0 Å². The first-order valence-electron chi connectivity index (χ1n) is 11.3. The number of H-pyrrole nitrogens is 1. The van der Waals surface area contributed by atoms with Gasteiger partial charge in [-0.3, -0.25) is 9.69 Å². The number of pyridine rings is 1. The summed E-state index contributed by atoms with van der Waals surface area (Å²) in [5.74, 6) is 0.712. The molecule has 0 saturated carbocycles. The second kappa shape index (κ2) is 8.67.